The third-order valence-corrected chi connectivity index (χ3v) is 6.14. The van der Waals surface area contributed by atoms with E-state index < -0.39 is 28.8 Å². The van der Waals surface area contributed by atoms with Crippen LogP contribution in [0.1, 0.15) is 41.7 Å². The van der Waals surface area contributed by atoms with E-state index in [0.717, 1.165) is 36.7 Å². The van der Waals surface area contributed by atoms with Gasteiger partial charge in [-0.2, -0.15) is 0 Å². The van der Waals surface area contributed by atoms with E-state index >= 15 is 0 Å². The van der Waals surface area contributed by atoms with Crippen molar-refractivity contribution in [2.75, 3.05) is 13.1 Å². The molecule has 0 saturated carbocycles. The summed E-state index contributed by atoms with van der Waals surface area (Å²) in [5, 5.41) is 19.9. The van der Waals surface area contributed by atoms with Crippen LogP contribution in [0.15, 0.2) is 66.7 Å². The number of hydrazine groups is 1. The number of nitro groups is 1. The lowest BCUT2D eigenvalue weighted by Crippen LogP contribution is -2.52. The lowest BCUT2D eigenvalue weighted by Gasteiger charge is -2.23. The third kappa shape index (κ3) is 5.66. The molecule has 1 aliphatic rings. The maximum Gasteiger partial charge on any atom is 0.269 e. The molecule has 0 aliphatic carbocycles. The van der Waals surface area contributed by atoms with E-state index in [9.17, 15) is 24.5 Å². The molecule has 3 aromatic rings. The Morgan fingerprint density at radius 1 is 0.889 bits per heavy atom. The Labute approximate surface area is 207 Å². The second-order valence-electron chi connectivity index (χ2n) is 8.68. The highest BCUT2D eigenvalue weighted by atomic mass is 16.6. The van der Waals surface area contributed by atoms with Crippen LogP contribution in [0.2, 0.25) is 0 Å². The van der Waals surface area contributed by atoms with Crippen molar-refractivity contribution in [1.82, 2.24) is 21.1 Å². The molecule has 3 amide bonds. The summed E-state index contributed by atoms with van der Waals surface area (Å²) >= 11 is 0. The fraction of sp³-hybridized carbons (Fsp3) is 0.269. The minimum Gasteiger partial charge on any atom is -0.342 e. The van der Waals surface area contributed by atoms with Gasteiger partial charge in [0, 0.05) is 30.8 Å². The topological polar surface area (TPSA) is 134 Å². The number of fused-ring (bicyclic) bond motifs is 1. The first kappa shape index (κ1) is 24.8. The Morgan fingerprint density at radius 3 is 2.25 bits per heavy atom. The molecule has 10 nitrogen and oxygen atoms in total. The molecule has 1 saturated heterocycles. The SMILES string of the molecule is CC(NC(=O)[C@@H](NC(=O)c1cccc2ccccc12)c1ccc([N+](=O)[O-])cc1)C(=O)NN1CCCC1. The predicted molar refractivity (Wildman–Crippen MR) is 134 cm³/mol. The average Bonchev–Trinajstić information content (AvgIpc) is 3.39. The number of benzene rings is 3. The zero-order valence-corrected chi connectivity index (χ0v) is 19.8. The predicted octanol–water partition coefficient (Wildman–Crippen LogP) is 2.85. The van der Waals surface area contributed by atoms with Gasteiger partial charge >= 0.3 is 0 Å². The number of amides is 3. The van der Waals surface area contributed by atoms with Gasteiger partial charge in [-0.15, -0.1) is 0 Å². The summed E-state index contributed by atoms with van der Waals surface area (Å²) in [7, 11) is 0. The van der Waals surface area contributed by atoms with Gasteiger partial charge in [-0.1, -0.05) is 36.4 Å². The molecule has 1 fully saturated rings. The van der Waals surface area contributed by atoms with Crippen LogP contribution in [0.3, 0.4) is 0 Å². The molecule has 1 unspecified atom stereocenters. The highest BCUT2D eigenvalue weighted by Crippen LogP contribution is 2.22. The van der Waals surface area contributed by atoms with Crippen molar-refractivity contribution < 1.29 is 19.3 Å². The van der Waals surface area contributed by atoms with E-state index in [1.54, 1.807) is 24.1 Å². The Morgan fingerprint density at radius 2 is 1.56 bits per heavy atom. The zero-order valence-electron chi connectivity index (χ0n) is 19.8. The van der Waals surface area contributed by atoms with Crippen LogP contribution < -0.4 is 16.1 Å². The van der Waals surface area contributed by atoms with Crippen LogP contribution in [0.4, 0.5) is 5.69 Å². The molecular weight excluding hydrogens is 462 g/mol. The number of nitrogens with zero attached hydrogens (tertiary/aromatic N) is 2. The Kier molecular flexibility index (Phi) is 7.55. The number of carbonyl (C=O) groups excluding carboxylic acids is 3. The molecular formula is C26H27N5O5. The van der Waals surface area contributed by atoms with E-state index in [2.05, 4.69) is 16.1 Å². The highest BCUT2D eigenvalue weighted by molar-refractivity contribution is 6.08. The van der Waals surface area contributed by atoms with Crippen molar-refractivity contribution in [2.45, 2.75) is 31.8 Å². The number of nitrogens with one attached hydrogen (secondary N) is 3. The Bertz CT molecular complexity index is 1280. The first-order valence-corrected chi connectivity index (χ1v) is 11.7. The molecule has 186 valence electrons. The van der Waals surface area contributed by atoms with Crippen LogP contribution in [0, 0.1) is 10.1 Å². The molecule has 10 heteroatoms. The summed E-state index contributed by atoms with van der Waals surface area (Å²) in [6.45, 7) is 3.06. The lowest BCUT2D eigenvalue weighted by atomic mass is 10.0. The van der Waals surface area contributed by atoms with Crippen molar-refractivity contribution in [2.24, 2.45) is 0 Å². The van der Waals surface area contributed by atoms with E-state index in [1.165, 1.54) is 24.3 Å². The molecule has 0 radical (unpaired) electrons. The van der Waals surface area contributed by atoms with Gasteiger partial charge in [0.25, 0.3) is 17.5 Å². The fourth-order valence-electron chi connectivity index (χ4n) is 4.16. The zero-order chi connectivity index (χ0) is 25.7. The summed E-state index contributed by atoms with van der Waals surface area (Å²) in [6.07, 6.45) is 1.98. The molecule has 1 heterocycles. The normalized spacial score (nSPS) is 15.1. The number of carbonyl (C=O) groups is 3. The average molecular weight is 490 g/mol. The van der Waals surface area contributed by atoms with Crippen LogP contribution in [0.5, 0.6) is 0 Å². The third-order valence-electron chi connectivity index (χ3n) is 6.14. The number of non-ortho nitro benzene ring substituents is 1. The van der Waals surface area contributed by atoms with Gasteiger partial charge in [-0.3, -0.25) is 29.9 Å². The van der Waals surface area contributed by atoms with Gasteiger partial charge in [-0.05, 0) is 54.3 Å². The number of nitro benzene ring substituents is 1. The first-order chi connectivity index (χ1) is 17.3. The monoisotopic (exact) mass is 489 g/mol. The maximum absolute atomic E-state index is 13.3. The number of hydrogen-bond donors (Lipinski definition) is 3. The fourth-order valence-corrected chi connectivity index (χ4v) is 4.16. The van der Waals surface area contributed by atoms with Crippen LogP contribution in [-0.4, -0.2) is 46.8 Å². The molecule has 3 N–H and O–H groups in total. The molecule has 0 aromatic heterocycles. The molecule has 1 aliphatic heterocycles. The van der Waals surface area contributed by atoms with Gasteiger partial charge < -0.3 is 10.6 Å². The smallest absolute Gasteiger partial charge is 0.269 e. The Balaban J connectivity index is 1.57. The highest BCUT2D eigenvalue weighted by Gasteiger charge is 2.28. The van der Waals surface area contributed by atoms with E-state index in [0.29, 0.717) is 11.1 Å². The van der Waals surface area contributed by atoms with Crippen molar-refractivity contribution in [3.8, 4) is 0 Å². The van der Waals surface area contributed by atoms with Crippen molar-refractivity contribution in [1.29, 1.82) is 0 Å². The summed E-state index contributed by atoms with van der Waals surface area (Å²) in [4.78, 5) is 49.7. The Hall–Kier alpha value is -4.31. The molecule has 36 heavy (non-hydrogen) atoms. The number of rotatable bonds is 8. The summed E-state index contributed by atoms with van der Waals surface area (Å²) in [5.74, 6) is -1.46. The second-order valence-corrected chi connectivity index (χ2v) is 8.68. The van der Waals surface area contributed by atoms with Crippen molar-refractivity contribution in [3.63, 3.8) is 0 Å². The summed E-state index contributed by atoms with van der Waals surface area (Å²) in [5.41, 5.74) is 3.37. The molecule has 4 rings (SSSR count). The minimum absolute atomic E-state index is 0.142. The molecule has 0 bridgehead atoms. The van der Waals surface area contributed by atoms with E-state index in [4.69, 9.17) is 0 Å². The standard InChI is InChI=1S/C26H27N5O5/c1-17(24(32)29-30-15-4-5-16-30)27-26(34)23(19-11-13-20(14-12-19)31(35)36)28-25(33)22-10-6-8-18-7-2-3-9-21(18)22/h2-3,6-14,17,23H,4-5,15-16H2,1H3,(H,27,34)(H,28,33)(H,29,32)/t17?,23-/m0/s1. The molecule has 2 atom stereocenters. The van der Waals surface area contributed by atoms with E-state index in [-0.39, 0.29) is 11.6 Å². The second kappa shape index (κ2) is 11.0. The largest absolute Gasteiger partial charge is 0.342 e. The van der Waals surface area contributed by atoms with E-state index in [1.807, 2.05) is 30.3 Å². The molecule has 3 aromatic carbocycles. The van der Waals surface area contributed by atoms with Gasteiger partial charge in [-0.25, -0.2) is 5.01 Å². The van der Waals surface area contributed by atoms with Crippen molar-refractivity contribution in [3.05, 3.63) is 88.0 Å². The van der Waals surface area contributed by atoms with Gasteiger partial charge in [0.1, 0.15) is 12.1 Å². The van der Waals surface area contributed by atoms with Crippen molar-refractivity contribution >= 4 is 34.2 Å². The van der Waals surface area contributed by atoms with Crippen LogP contribution >= 0.6 is 0 Å². The van der Waals surface area contributed by atoms with Gasteiger partial charge in [0.05, 0.1) is 4.92 Å². The van der Waals surface area contributed by atoms with Gasteiger partial charge in [0.2, 0.25) is 5.91 Å². The van der Waals surface area contributed by atoms with Crippen LogP contribution in [-0.2, 0) is 9.59 Å². The van der Waals surface area contributed by atoms with Crippen LogP contribution in [0.25, 0.3) is 10.8 Å². The summed E-state index contributed by atoms with van der Waals surface area (Å²) < 4.78 is 0. The lowest BCUT2D eigenvalue weighted by molar-refractivity contribution is -0.384. The quantitative estimate of drug-likeness (QED) is 0.329. The molecule has 0 spiro atoms. The van der Waals surface area contributed by atoms with Gasteiger partial charge in [0.15, 0.2) is 0 Å². The summed E-state index contributed by atoms with van der Waals surface area (Å²) in [6, 6.07) is 16.0. The maximum atomic E-state index is 13.3. The minimum atomic E-state index is -1.18. The number of hydrogen-bond acceptors (Lipinski definition) is 6. The first-order valence-electron chi connectivity index (χ1n) is 11.7.